The van der Waals surface area contributed by atoms with Crippen molar-refractivity contribution in [3.8, 4) is 22.8 Å². The van der Waals surface area contributed by atoms with E-state index >= 15 is 0 Å². The van der Waals surface area contributed by atoms with Crippen LogP contribution in [0.25, 0.3) is 16.6 Å². The zero-order valence-electron chi connectivity index (χ0n) is 21.3. The number of anilines is 1. The van der Waals surface area contributed by atoms with Crippen LogP contribution in [0.5, 0.6) is 11.6 Å². The molecular formula is C27H31N7O3. The topological polar surface area (TPSA) is 101 Å². The summed E-state index contributed by atoms with van der Waals surface area (Å²) in [4.78, 5) is 18.5. The summed E-state index contributed by atoms with van der Waals surface area (Å²) in [5.74, 6) is 2.17. The maximum Gasteiger partial charge on any atom is 0.231 e. The molecule has 10 heteroatoms. The molecular weight excluding hydrogens is 470 g/mol. The van der Waals surface area contributed by atoms with Crippen molar-refractivity contribution in [2.45, 2.75) is 44.5 Å². The van der Waals surface area contributed by atoms with Gasteiger partial charge in [-0.1, -0.05) is 0 Å². The second-order valence-corrected chi connectivity index (χ2v) is 10.4. The number of piperazine rings is 1. The Morgan fingerprint density at radius 3 is 2.57 bits per heavy atom. The normalized spacial score (nSPS) is 19.6. The monoisotopic (exact) mass is 501 g/mol. The molecule has 3 fully saturated rings. The van der Waals surface area contributed by atoms with Gasteiger partial charge < -0.3 is 19.5 Å². The standard InChI is InChI=1S/C27H31N7O3/c1-27(2,35)17-37-22-9-23(24-6-7-31-34(24)16-22)18-4-5-25(29-10-18)32-14-20-8-21(15-32)33(20)13-19-11-30-26(36-3)12-28-19/h4-7,9-12,16,20-21,35H,8,13-15,17H2,1-3H3. The highest BCUT2D eigenvalue weighted by Gasteiger charge is 2.44. The van der Waals surface area contributed by atoms with Gasteiger partial charge in [0.25, 0.3) is 0 Å². The molecule has 0 amide bonds. The van der Waals surface area contributed by atoms with Crippen molar-refractivity contribution in [2.24, 2.45) is 0 Å². The summed E-state index contributed by atoms with van der Waals surface area (Å²) in [5.41, 5.74) is 2.99. The number of aromatic nitrogens is 5. The van der Waals surface area contributed by atoms with Crippen molar-refractivity contribution in [2.75, 3.05) is 31.7 Å². The van der Waals surface area contributed by atoms with Gasteiger partial charge in [-0.2, -0.15) is 5.10 Å². The quantitative estimate of drug-likeness (QED) is 0.391. The maximum atomic E-state index is 10.0. The predicted molar refractivity (Wildman–Crippen MR) is 139 cm³/mol. The van der Waals surface area contributed by atoms with E-state index in [1.807, 2.05) is 24.5 Å². The van der Waals surface area contributed by atoms with Crippen LogP contribution in [0, 0.1) is 0 Å². The Balaban J connectivity index is 1.15. The van der Waals surface area contributed by atoms with Crippen LogP contribution >= 0.6 is 0 Å². The summed E-state index contributed by atoms with van der Waals surface area (Å²) in [6, 6.07) is 9.13. The first-order chi connectivity index (χ1) is 17.9. The first kappa shape index (κ1) is 23.6. The molecule has 37 heavy (non-hydrogen) atoms. The highest BCUT2D eigenvalue weighted by molar-refractivity contribution is 5.81. The fourth-order valence-corrected chi connectivity index (χ4v) is 5.16. The average Bonchev–Trinajstić information content (AvgIpc) is 3.39. The zero-order valence-corrected chi connectivity index (χ0v) is 21.3. The minimum atomic E-state index is -0.921. The Bertz CT molecular complexity index is 1370. The third-order valence-corrected chi connectivity index (χ3v) is 7.04. The van der Waals surface area contributed by atoms with Crippen LogP contribution in [0.4, 0.5) is 5.82 Å². The molecule has 2 bridgehead atoms. The third-order valence-electron chi connectivity index (χ3n) is 7.04. The lowest BCUT2D eigenvalue weighted by molar-refractivity contribution is -0.00979. The molecule has 0 spiro atoms. The zero-order chi connectivity index (χ0) is 25.6. The molecule has 0 aliphatic carbocycles. The van der Waals surface area contributed by atoms with E-state index in [1.165, 1.54) is 6.42 Å². The first-order valence-corrected chi connectivity index (χ1v) is 12.5. The van der Waals surface area contributed by atoms with Crippen molar-refractivity contribution in [1.82, 2.24) is 29.5 Å². The Hall–Kier alpha value is -3.76. The maximum absolute atomic E-state index is 10.0. The minimum absolute atomic E-state index is 0.190. The van der Waals surface area contributed by atoms with E-state index in [-0.39, 0.29) is 6.61 Å². The second-order valence-electron chi connectivity index (χ2n) is 10.4. The van der Waals surface area contributed by atoms with Crippen LogP contribution in [0.3, 0.4) is 0 Å². The molecule has 3 aliphatic rings. The van der Waals surface area contributed by atoms with Gasteiger partial charge in [-0.3, -0.25) is 9.88 Å². The molecule has 4 aromatic rings. The molecule has 3 saturated heterocycles. The van der Waals surface area contributed by atoms with Crippen LogP contribution in [0.15, 0.2) is 55.2 Å². The molecule has 0 saturated carbocycles. The summed E-state index contributed by atoms with van der Waals surface area (Å²) >= 11 is 0. The smallest absolute Gasteiger partial charge is 0.231 e. The van der Waals surface area contributed by atoms with Crippen molar-refractivity contribution in [1.29, 1.82) is 0 Å². The van der Waals surface area contributed by atoms with Gasteiger partial charge in [-0.25, -0.2) is 14.5 Å². The molecule has 192 valence electrons. The molecule has 10 nitrogen and oxygen atoms in total. The van der Waals surface area contributed by atoms with Crippen molar-refractivity contribution in [3.63, 3.8) is 0 Å². The van der Waals surface area contributed by atoms with E-state index in [1.54, 1.807) is 44.1 Å². The van der Waals surface area contributed by atoms with Crippen LogP contribution < -0.4 is 14.4 Å². The van der Waals surface area contributed by atoms with E-state index < -0.39 is 5.60 Å². The Labute approximate surface area is 215 Å². The molecule has 4 aromatic heterocycles. The average molecular weight is 502 g/mol. The van der Waals surface area contributed by atoms with E-state index in [9.17, 15) is 5.11 Å². The van der Waals surface area contributed by atoms with E-state index in [4.69, 9.17) is 14.5 Å². The van der Waals surface area contributed by atoms with Crippen molar-refractivity contribution >= 4 is 11.3 Å². The van der Waals surface area contributed by atoms with Gasteiger partial charge in [0.15, 0.2) is 0 Å². The number of rotatable bonds is 8. The van der Waals surface area contributed by atoms with Crippen LogP contribution in [0.2, 0.25) is 0 Å². The third kappa shape index (κ3) is 4.82. The lowest BCUT2D eigenvalue weighted by Gasteiger charge is -2.56. The lowest BCUT2D eigenvalue weighted by atomic mass is 9.87. The summed E-state index contributed by atoms with van der Waals surface area (Å²) < 4.78 is 12.8. The Kier molecular flexibility index (Phi) is 5.92. The molecule has 7 heterocycles. The molecule has 3 aliphatic heterocycles. The van der Waals surface area contributed by atoms with Crippen molar-refractivity contribution in [3.05, 3.63) is 60.9 Å². The molecule has 7 rings (SSSR count). The number of fused-ring (bicyclic) bond motifs is 3. The predicted octanol–water partition coefficient (Wildman–Crippen LogP) is 2.81. The Morgan fingerprint density at radius 1 is 1.05 bits per heavy atom. The fraction of sp³-hybridized carbons (Fsp3) is 0.407. The summed E-state index contributed by atoms with van der Waals surface area (Å²) in [6.07, 6.45) is 10.2. The van der Waals surface area contributed by atoms with Gasteiger partial charge in [0.2, 0.25) is 5.88 Å². The highest BCUT2D eigenvalue weighted by atomic mass is 16.5. The number of methoxy groups -OCH3 is 1. The molecule has 0 radical (unpaired) electrons. The molecule has 0 aromatic carbocycles. The number of nitrogens with zero attached hydrogens (tertiary/aromatic N) is 7. The largest absolute Gasteiger partial charge is 0.489 e. The van der Waals surface area contributed by atoms with Gasteiger partial charge in [-0.05, 0) is 44.5 Å². The SMILES string of the molecule is COc1cnc(CN2C3CC2CN(c2ccc(-c4cc(OCC(C)(C)O)cn5nccc45)cn2)C3)cn1. The number of piperidine rings is 1. The number of ether oxygens (including phenoxy) is 2. The fourth-order valence-electron chi connectivity index (χ4n) is 5.16. The number of hydrogen-bond donors (Lipinski definition) is 1. The van der Waals surface area contributed by atoms with E-state index in [0.29, 0.717) is 23.7 Å². The molecule has 2 atom stereocenters. The van der Waals surface area contributed by atoms with E-state index in [2.05, 4.69) is 37.0 Å². The van der Waals surface area contributed by atoms with Crippen LogP contribution in [-0.4, -0.2) is 79.1 Å². The summed E-state index contributed by atoms with van der Waals surface area (Å²) in [6.45, 7) is 6.33. The number of pyridine rings is 2. The lowest BCUT2D eigenvalue weighted by Crippen LogP contribution is -2.68. The van der Waals surface area contributed by atoms with Gasteiger partial charge in [0.05, 0.1) is 48.7 Å². The van der Waals surface area contributed by atoms with Gasteiger partial charge in [0, 0.05) is 49.0 Å². The van der Waals surface area contributed by atoms with E-state index in [0.717, 1.165) is 47.8 Å². The van der Waals surface area contributed by atoms with Crippen LogP contribution in [-0.2, 0) is 6.54 Å². The molecule has 2 unspecified atom stereocenters. The summed E-state index contributed by atoms with van der Waals surface area (Å²) in [5, 5.41) is 14.4. The first-order valence-electron chi connectivity index (χ1n) is 12.5. The van der Waals surface area contributed by atoms with Gasteiger partial charge in [0.1, 0.15) is 18.2 Å². The second kappa shape index (κ2) is 9.28. The highest BCUT2D eigenvalue weighted by Crippen LogP contribution is 2.36. The van der Waals surface area contributed by atoms with Gasteiger partial charge in [-0.15, -0.1) is 0 Å². The minimum Gasteiger partial charge on any atom is -0.489 e. The Morgan fingerprint density at radius 2 is 1.89 bits per heavy atom. The number of hydrogen-bond acceptors (Lipinski definition) is 9. The van der Waals surface area contributed by atoms with Gasteiger partial charge >= 0.3 is 0 Å². The van der Waals surface area contributed by atoms with Crippen molar-refractivity contribution < 1.29 is 14.6 Å². The van der Waals surface area contributed by atoms with Crippen LogP contribution in [0.1, 0.15) is 26.0 Å². The number of aliphatic hydroxyl groups is 1. The molecule has 1 N–H and O–H groups in total. The summed E-state index contributed by atoms with van der Waals surface area (Å²) in [7, 11) is 1.60.